The van der Waals surface area contributed by atoms with Crippen LogP contribution in [0.3, 0.4) is 0 Å². The molecule has 0 aliphatic carbocycles. The average molecular weight is 202 g/mol. The molecule has 0 aromatic rings. The fourth-order valence-electron chi connectivity index (χ4n) is 1.92. The summed E-state index contributed by atoms with van der Waals surface area (Å²) in [5, 5.41) is 17.4. The molecule has 0 radical (unpaired) electrons. The number of hydrogen-bond acceptors (Lipinski definition) is 2. The van der Waals surface area contributed by atoms with E-state index in [0.717, 1.165) is 0 Å². The van der Waals surface area contributed by atoms with Gasteiger partial charge in [-0.3, -0.25) is 9.59 Å². The van der Waals surface area contributed by atoms with Crippen molar-refractivity contribution in [2.75, 3.05) is 0 Å². The molecule has 4 heteroatoms. The standard InChI is InChI=1S/C10H18O4/c1-7(2)4-10(3,5-8(11)12)6-9(13)14/h7H,4-6H2,1-3H3,(H,11,12)(H,13,14). The van der Waals surface area contributed by atoms with E-state index in [0.29, 0.717) is 12.3 Å². The van der Waals surface area contributed by atoms with Crippen molar-refractivity contribution in [1.29, 1.82) is 0 Å². The lowest BCUT2D eigenvalue weighted by molar-refractivity contribution is -0.143. The number of rotatable bonds is 6. The summed E-state index contributed by atoms with van der Waals surface area (Å²) in [6.45, 7) is 5.64. The molecule has 0 heterocycles. The zero-order valence-electron chi connectivity index (χ0n) is 8.91. The normalized spacial score (nSPS) is 11.7. The van der Waals surface area contributed by atoms with Crippen LogP contribution in [0.2, 0.25) is 0 Å². The second-order valence-electron chi connectivity index (χ2n) is 4.55. The number of aliphatic carboxylic acids is 2. The van der Waals surface area contributed by atoms with Gasteiger partial charge in [-0.05, 0) is 17.8 Å². The van der Waals surface area contributed by atoms with Gasteiger partial charge in [0.15, 0.2) is 0 Å². The second-order valence-corrected chi connectivity index (χ2v) is 4.55. The molecule has 0 fully saturated rings. The maximum absolute atomic E-state index is 10.6. The van der Waals surface area contributed by atoms with E-state index in [1.165, 1.54) is 0 Å². The first-order valence-corrected chi connectivity index (χ1v) is 4.69. The fourth-order valence-corrected chi connectivity index (χ4v) is 1.92. The van der Waals surface area contributed by atoms with Gasteiger partial charge in [0.25, 0.3) is 0 Å². The molecule has 82 valence electrons. The molecule has 0 spiro atoms. The van der Waals surface area contributed by atoms with Crippen LogP contribution in [0.4, 0.5) is 0 Å². The molecule has 0 aliphatic heterocycles. The molecule has 2 N–H and O–H groups in total. The fraction of sp³-hybridized carbons (Fsp3) is 0.800. The van der Waals surface area contributed by atoms with Crippen LogP contribution in [0.25, 0.3) is 0 Å². The first-order chi connectivity index (χ1) is 6.25. The summed E-state index contributed by atoms with van der Waals surface area (Å²) < 4.78 is 0. The van der Waals surface area contributed by atoms with Crippen molar-refractivity contribution in [3.63, 3.8) is 0 Å². The van der Waals surface area contributed by atoms with Gasteiger partial charge in [-0.25, -0.2) is 0 Å². The lowest BCUT2D eigenvalue weighted by Gasteiger charge is -2.27. The minimum absolute atomic E-state index is 0.0858. The molecular weight excluding hydrogens is 184 g/mol. The predicted molar refractivity (Wildman–Crippen MR) is 52.1 cm³/mol. The highest BCUT2D eigenvalue weighted by Crippen LogP contribution is 2.33. The van der Waals surface area contributed by atoms with E-state index in [1.54, 1.807) is 6.92 Å². The van der Waals surface area contributed by atoms with Crippen LogP contribution >= 0.6 is 0 Å². The van der Waals surface area contributed by atoms with Crippen LogP contribution in [0.1, 0.15) is 40.0 Å². The summed E-state index contributed by atoms with van der Waals surface area (Å²) in [7, 11) is 0. The van der Waals surface area contributed by atoms with Crippen molar-refractivity contribution in [3.8, 4) is 0 Å². The Balaban J connectivity index is 4.48. The maximum atomic E-state index is 10.6. The maximum Gasteiger partial charge on any atom is 0.303 e. The van der Waals surface area contributed by atoms with Crippen LogP contribution in [0.15, 0.2) is 0 Å². The Hall–Kier alpha value is -1.06. The van der Waals surface area contributed by atoms with E-state index >= 15 is 0 Å². The molecular formula is C10H18O4. The lowest BCUT2D eigenvalue weighted by atomic mass is 9.76. The summed E-state index contributed by atoms with van der Waals surface area (Å²) in [5.41, 5.74) is -0.633. The van der Waals surface area contributed by atoms with Crippen molar-refractivity contribution >= 4 is 11.9 Å². The number of carbonyl (C=O) groups is 2. The SMILES string of the molecule is CC(C)CC(C)(CC(=O)O)CC(=O)O. The van der Waals surface area contributed by atoms with Gasteiger partial charge < -0.3 is 10.2 Å². The van der Waals surface area contributed by atoms with Crippen LogP contribution in [0.5, 0.6) is 0 Å². The molecule has 0 bridgehead atoms. The highest BCUT2D eigenvalue weighted by atomic mass is 16.4. The zero-order valence-corrected chi connectivity index (χ0v) is 8.91. The summed E-state index contributed by atoms with van der Waals surface area (Å²) >= 11 is 0. The van der Waals surface area contributed by atoms with E-state index in [4.69, 9.17) is 10.2 Å². The Morgan fingerprint density at radius 3 is 1.71 bits per heavy atom. The van der Waals surface area contributed by atoms with Gasteiger partial charge in [0.05, 0.1) is 12.8 Å². The molecule has 0 amide bonds. The van der Waals surface area contributed by atoms with Crippen molar-refractivity contribution in [3.05, 3.63) is 0 Å². The largest absolute Gasteiger partial charge is 0.481 e. The third kappa shape index (κ3) is 5.56. The Bertz CT molecular complexity index is 204. The summed E-state index contributed by atoms with van der Waals surface area (Å²) in [4.78, 5) is 21.2. The van der Waals surface area contributed by atoms with Crippen molar-refractivity contribution < 1.29 is 19.8 Å². The van der Waals surface area contributed by atoms with Gasteiger partial charge in [0.2, 0.25) is 0 Å². The molecule has 0 aromatic carbocycles. The van der Waals surface area contributed by atoms with Gasteiger partial charge >= 0.3 is 11.9 Å². The third-order valence-corrected chi connectivity index (χ3v) is 2.06. The minimum atomic E-state index is -0.936. The highest BCUT2D eigenvalue weighted by Gasteiger charge is 2.30. The number of carboxylic acids is 2. The highest BCUT2D eigenvalue weighted by molar-refractivity contribution is 5.71. The van der Waals surface area contributed by atoms with Gasteiger partial charge in [-0.1, -0.05) is 20.8 Å². The second kappa shape index (κ2) is 4.98. The molecule has 0 unspecified atom stereocenters. The van der Waals surface area contributed by atoms with Gasteiger partial charge in [0.1, 0.15) is 0 Å². The van der Waals surface area contributed by atoms with E-state index in [1.807, 2.05) is 13.8 Å². The monoisotopic (exact) mass is 202 g/mol. The van der Waals surface area contributed by atoms with E-state index in [2.05, 4.69) is 0 Å². The first kappa shape index (κ1) is 12.9. The lowest BCUT2D eigenvalue weighted by Crippen LogP contribution is -2.26. The molecule has 0 aromatic heterocycles. The molecule has 0 aliphatic rings. The zero-order chi connectivity index (χ0) is 11.4. The minimum Gasteiger partial charge on any atom is -0.481 e. The van der Waals surface area contributed by atoms with Crippen LogP contribution in [-0.4, -0.2) is 22.2 Å². The van der Waals surface area contributed by atoms with Crippen LogP contribution < -0.4 is 0 Å². The Morgan fingerprint density at radius 2 is 1.50 bits per heavy atom. The number of carboxylic acid groups (broad SMARTS) is 2. The Morgan fingerprint density at radius 1 is 1.14 bits per heavy atom. The van der Waals surface area contributed by atoms with Gasteiger partial charge in [-0.15, -0.1) is 0 Å². The Labute approximate surface area is 83.9 Å². The predicted octanol–water partition coefficient (Wildman–Crippen LogP) is 1.99. The molecule has 0 saturated heterocycles. The number of hydrogen-bond donors (Lipinski definition) is 2. The molecule has 0 saturated carbocycles. The van der Waals surface area contributed by atoms with Gasteiger partial charge in [-0.2, -0.15) is 0 Å². The molecule has 0 rings (SSSR count). The topological polar surface area (TPSA) is 74.6 Å². The van der Waals surface area contributed by atoms with E-state index < -0.39 is 17.4 Å². The van der Waals surface area contributed by atoms with Gasteiger partial charge in [0, 0.05) is 0 Å². The molecule has 4 nitrogen and oxygen atoms in total. The summed E-state index contributed by atoms with van der Waals surface area (Å²) in [6.07, 6.45) is 0.445. The smallest absolute Gasteiger partial charge is 0.303 e. The third-order valence-electron chi connectivity index (χ3n) is 2.06. The van der Waals surface area contributed by atoms with Crippen molar-refractivity contribution in [2.45, 2.75) is 40.0 Å². The van der Waals surface area contributed by atoms with Crippen LogP contribution in [0, 0.1) is 11.3 Å². The van der Waals surface area contributed by atoms with Crippen molar-refractivity contribution in [2.24, 2.45) is 11.3 Å². The summed E-state index contributed by atoms with van der Waals surface area (Å²) in [6, 6.07) is 0. The first-order valence-electron chi connectivity index (χ1n) is 4.69. The quantitative estimate of drug-likeness (QED) is 0.690. The Kier molecular flexibility index (Phi) is 4.60. The molecule has 0 atom stereocenters. The van der Waals surface area contributed by atoms with E-state index in [9.17, 15) is 9.59 Å². The van der Waals surface area contributed by atoms with E-state index in [-0.39, 0.29) is 12.8 Å². The van der Waals surface area contributed by atoms with Crippen LogP contribution in [-0.2, 0) is 9.59 Å². The average Bonchev–Trinajstić information content (AvgIpc) is 1.76. The summed E-state index contributed by atoms with van der Waals surface area (Å²) in [5.74, 6) is -1.57. The molecule has 14 heavy (non-hydrogen) atoms. The van der Waals surface area contributed by atoms with Crippen molar-refractivity contribution in [1.82, 2.24) is 0 Å².